The van der Waals surface area contributed by atoms with E-state index in [1.807, 2.05) is 24.3 Å². The molecule has 9 heteroatoms. The molecule has 0 spiro atoms. The van der Waals surface area contributed by atoms with Gasteiger partial charge in [-0.1, -0.05) is 0 Å². The van der Waals surface area contributed by atoms with Gasteiger partial charge in [0.1, 0.15) is 0 Å². The summed E-state index contributed by atoms with van der Waals surface area (Å²) >= 11 is 0. The Morgan fingerprint density at radius 3 is 2.06 bits per heavy atom. The Hall–Kier alpha value is -3.17. The molecule has 1 heterocycles. The van der Waals surface area contributed by atoms with E-state index in [2.05, 4.69) is 0 Å². The zero-order valence-electron chi connectivity index (χ0n) is 20.0. The highest BCUT2D eigenvalue weighted by Crippen LogP contribution is 2.54. The van der Waals surface area contributed by atoms with Gasteiger partial charge in [0.2, 0.25) is 12.5 Å². The lowest BCUT2D eigenvalue weighted by atomic mass is 9.65. The van der Waals surface area contributed by atoms with Crippen LogP contribution in [0.3, 0.4) is 0 Å². The van der Waals surface area contributed by atoms with Gasteiger partial charge in [-0.3, -0.25) is 4.79 Å². The van der Waals surface area contributed by atoms with Crippen molar-refractivity contribution >= 4 is 5.97 Å². The van der Waals surface area contributed by atoms with Gasteiger partial charge in [0.25, 0.3) is 0 Å². The summed E-state index contributed by atoms with van der Waals surface area (Å²) in [6.45, 7) is 1.42. The van der Waals surface area contributed by atoms with Gasteiger partial charge in [0.15, 0.2) is 23.0 Å². The fourth-order valence-corrected chi connectivity index (χ4v) is 5.10. The molecule has 1 aliphatic carbocycles. The third-order valence-corrected chi connectivity index (χ3v) is 6.58. The van der Waals surface area contributed by atoms with E-state index in [4.69, 9.17) is 33.2 Å². The molecule has 1 N–H and O–H groups in total. The average Bonchev–Trinajstić information content (AvgIpc) is 3.31. The van der Waals surface area contributed by atoms with E-state index in [1.54, 1.807) is 28.4 Å². The number of esters is 1. The smallest absolute Gasteiger partial charge is 0.302 e. The van der Waals surface area contributed by atoms with E-state index in [0.29, 0.717) is 28.7 Å². The minimum Gasteiger partial charge on any atom is -0.493 e. The first-order valence-corrected chi connectivity index (χ1v) is 11.0. The van der Waals surface area contributed by atoms with Crippen LogP contribution in [-0.2, 0) is 14.3 Å². The van der Waals surface area contributed by atoms with Crippen molar-refractivity contribution in [1.82, 2.24) is 0 Å². The summed E-state index contributed by atoms with van der Waals surface area (Å²) in [6, 6.07) is 7.60. The number of ether oxygens (including phenoxy) is 7. The lowest BCUT2D eigenvalue weighted by molar-refractivity contribution is -0.144. The van der Waals surface area contributed by atoms with E-state index in [0.717, 1.165) is 16.7 Å². The monoisotopic (exact) mass is 474 g/mol. The van der Waals surface area contributed by atoms with Crippen LogP contribution < -0.4 is 23.7 Å². The second-order valence-corrected chi connectivity index (χ2v) is 8.24. The highest BCUT2D eigenvalue weighted by Gasteiger charge is 2.45. The maximum absolute atomic E-state index is 11.7. The van der Waals surface area contributed by atoms with Gasteiger partial charge in [0.05, 0.1) is 34.0 Å². The molecule has 0 unspecified atom stereocenters. The van der Waals surface area contributed by atoms with E-state index < -0.39 is 12.1 Å². The summed E-state index contributed by atoms with van der Waals surface area (Å²) in [6.07, 6.45) is -0.437. The lowest BCUT2D eigenvalue weighted by Crippen LogP contribution is -2.39. The van der Waals surface area contributed by atoms with E-state index >= 15 is 0 Å². The minimum absolute atomic E-state index is 0.0929. The van der Waals surface area contributed by atoms with Crippen molar-refractivity contribution in [3.63, 3.8) is 0 Å². The number of hydrogen-bond donors (Lipinski definition) is 1. The number of rotatable bonds is 8. The number of carbonyl (C=O) groups is 1. The number of hydrogen-bond acceptors (Lipinski definition) is 9. The van der Waals surface area contributed by atoms with Crippen molar-refractivity contribution in [3.05, 3.63) is 41.0 Å². The van der Waals surface area contributed by atoms with Crippen molar-refractivity contribution in [2.45, 2.75) is 18.9 Å². The maximum atomic E-state index is 11.7. The van der Waals surface area contributed by atoms with Crippen LogP contribution in [0.4, 0.5) is 0 Å². The summed E-state index contributed by atoms with van der Waals surface area (Å²) in [5.41, 5.74) is 2.65. The Labute approximate surface area is 198 Å². The highest BCUT2D eigenvalue weighted by molar-refractivity contribution is 5.66. The lowest BCUT2D eigenvalue weighted by Gasteiger charge is -2.43. The summed E-state index contributed by atoms with van der Waals surface area (Å²) in [5.74, 6) is 1.35. The first-order chi connectivity index (χ1) is 16.5. The zero-order valence-corrected chi connectivity index (χ0v) is 20.0. The molecule has 0 radical (unpaired) electrons. The van der Waals surface area contributed by atoms with Crippen LogP contribution in [0.25, 0.3) is 0 Å². The summed E-state index contributed by atoms with van der Waals surface area (Å²) < 4.78 is 39.3. The number of carbonyl (C=O) groups excluding carboxylic acids is 1. The molecule has 0 amide bonds. The zero-order chi connectivity index (χ0) is 24.4. The molecule has 2 aromatic carbocycles. The molecular formula is C25H30O9. The molecule has 9 nitrogen and oxygen atoms in total. The molecule has 34 heavy (non-hydrogen) atoms. The first-order valence-electron chi connectivity index (χ1n) is 11.0. The fourth-order valence-electron chi connectivity index (χ4n) is 5.10. The maximum Gasteiger partial charge on any atom is 0.302 e. The summed E-state index contributed by atoms with van der Waals surface area (Å²) in [5, 5.41) is 10.4. The van der Waals surface area contributed by atoms with Crippen LogP contribution >= 0.6 is 0 Å². The van der Waals surface area contributed by atoms with Crippen LogP contribution in [0.2, 0.25) is 0 Å². The molecule has 184 valence electrons. The van der Waals surface area contributed by atoms with Crippen molar-refractivity contribution in [2.24, 2.45) is 11.8 Å². The Morgan fingerprint density at radius 1 is 0.941 bits per heavy atom. The minimum atomic E-state index is -0.437. The van der Waals surface area contributed by atoms with E-state index in [9.17, 15) is 9.90 Å². The molecule has 2 aromatic rings. The fraction of sp³-hybridized carbons (Fsp3) is 0.480. The Bertz CT molecular complexity index is 1030. The molecule has 4 rings (SSSR count). The molecule has 0 saturated carbocycles. The largest absolute Gasteiger partial charge is 0.493 e. The van der Waals surface area contributed by atoms with Gasteiger partial charge < -0.3 is 38.3 Å². The van der Waals surface area contributed by atoms with Crippen LogP contribution in [0.5, 0.6) is 28.7 Å². The SMILES string of the molecule is COc1cc([C@@H]2c3cc4c(cc3[C@H](OC)[C@@H](CO)[C@@H]2COC(C)=O)OCO4)cc(OC)c1OC. The Kier molecular flexibility index (Phi) is 7.04. The number of aliphatic hydroxyl groups excluding tert-OH is 1. The predicted octanol–water partition coefficient (Wildman–Crippen LogP) is 3.06. The van der Waals surface area contributed by atoms with E-state index in [-0.39, 0.29) is 37.8 Å². The molecule has 4 atom stereocenters. The molecule has 0 aromatic heterocycles. The van der Waals surface area contributed by atoms with Crippen LogP contribution in [0.15, 0.2) is 24.3 Å². The summed E-state index contributed by atoms with van der Waals surface area (Å²) in [4.78, 5) is 11.7. The molecule has 0 fully saturated rings. The van der Waals surface area contributed by atoms with E-state index in [1.165, 1.54) is 6.92 Å². The number of fused-ring (bicyclic) bond motifs is 2. The Morgan fingerprint density at radius 2 is 1.56 bits per heavy atom. The molecular weight excluding hydrogens is 444 g/mol. The van der Waals surface area contributed by atoms with Gasteiger partial charge in [-0.05, 0) is 41.0 Å². The van der Waals surface area contributed by atoms with Gasteiger partial charge in [-0.25, -0.2) is 0 Å². The van der Waals surface area contributed by atoms with Crippen LogP contribution in [0.1, 0.15) is 35.6 Å². The van der Waals surface area contributed by atoms with Gasteiger partial charge in [-0.15, -0.1) is 0 Å². The quantitative estimate of drug-likeness (QED) is 0.578. The number of methoxy groups -OCH3 is 4. The molecule has 2 aliphatic rings. The third-order valence-electron chi connectivity index (χ3n) is 6.58. The van der Waals surface area contributed by atoms with Crippen molar-refractivity contribution in [3.8, 4) is 28.7 Å². The third kappa shape index (κ3) is 4.10. The summed E-state index contributed by atoms with van der Waals surface area (Å²) in [7, 11) is 6.26. The van der Waals surface area contributed by atoms with Crippen molar-refractivity contribution in [1.29, 1.82) is 0 Å². The molecule has 0 bridgehead atoms. The normalized spacial score (nSPS) is 22.6. The van der Waals surface area contributed by atoms with Gasteiger partial charge in [0, 0.05) is 38.4 Å². The second kappa shape index (κ2) is 9.99. The van der Waals surface area contributed by atoms with Gasteiger partial charge >= 0.3 is 5.97 Å². The van der Waals surface area contributed by atoms with Gasteiger partial charge in [-0.2, -0.15) is 0 Å². The second-order valence-electron chi connectivity index (χ2n) is 8.24. The van der Waals surface area contributed by atoms with Crippen LogP contribution in [-0.4, -0.2) is 59.5 Å². The standard InChI is InChI=1S/C25H30O9/c1-13(27)32-11-18-17(10-26)24(30-4)16-9-20-19(33-12-34-20)8-15(16)23(18)14-6-21(28-2)25(31-5)22(7-14)29-3/h6-9,17-18,23-24,26H,10-12H2,1-5H3/t17-,18-,23+,24-/m0/s1. The number of aliphatic hydroxyl groups is 1. The highest BCUT2D eigenvalue weighted by atomic mass is 16.7. The molecule has 0 saturated heterocycles. The predicted molar refractivity (Wildman–Crippen MR) is 121 cm³/mol. The average molecular weight is 475 g/mol. The topological polar surface area (TPSA) is 102 Å². The van der Waals surface area contributed by atoms with Crippen LogP contribution in [0, 0.1) is 11.8 Å². The first kappa shape index (κ1) is 24.0. The number of benzene rings is 2. The van der Waals surface area contributed by atoms with Crippen molar-refractivity contribution in [2.75, 3.05) is 48.4 Å². The Balaban J connectivity index is 1.96. The van der Waals surface area contributed by atoms with Crippen molar-refractivity contribution < 1.29 is 43.1 Å². The molecule has 1 aliphatic heterocycles.